The monoisotopic (exact) mass is 309 g/mol. The lowest BCUT2D eigenvalue weighted by Gasteiger charge is -2.19. The van der Waals surface area contributed by atoms with Gasteiger partial charge in [-0.3, -0.25) is 10.9 Å². The van der Waals surface area contributed by atoms with Gasteiger partial charge in [-0.15, -0.1) is 0 Å². The van der Waals surface area contributed by atoms with E-state index >= 15 is 0 Å². The topological polar surface area (TPSA) is 89.8 Å². The van der Waals surface area contributed by atoms with E-state index in [-0.39, 0.29) is 5.41 Å². The van der Waals surface area contributed by atoms with E-state index in [1.807, 2.05) is 30.3 Å². The molecule has 1 aromatic heterocycles. The second-order valence-corrected chi connectivity index (χ2v) is 6.04. The molecule has 6 heteroatoms. The number of hydrazine groups is 1. The van der Waals surface area contributed by atoms with Crippen molar-refractivity contribution in [2.24, 2.45) is 0 Å². The Kier molecular flexibility index (Phi) is 4.82. The van der Waals surface area contributed by atoms with Crippen molar-refractivity contribution < 1.29 is 4.79 Å². The summed E-state index contributed by atoms with van der Waals surface area (Å²) in [6.45, 7) is 6.39. The summed E-state index contributed by atoms with van der Waals surface area (Å²) >= 11 is 0. The smallest absolute Gasteiger partial charge is 0.307 e. The highest BCUT2D eigenvalue weighted by Crippen LogP contribution is 2.23. The minimum atomic E-state index is -0.442. The number of carbonyl (C=O) groups excluding carboxylic acids is 1. The number of amides is 2. The highest BCUT2D eigenvalue weighted by atomic mass is 16.2. The lowest BCUT2D eigenvalue weighted by Crippen LogP contribution is -2.34. The summed E-state index contributed by atoms with van der Waals surface area (Å²) in [6.07, 6.45) is 1.54. The Labute approximate surface area is 135 Å². The molecule has 0 spiro atoms. The number of carbonyl (C=O) groups is 1. The Hall–Kier alpha value is -3.07. The Morgan fingerprint density at radius 3 is 2.48 bits per heavy atom. The highest BCUT2D eigenvalue weighted by molar-refractivity contribution is 5.90. The molecule has 0 saturated carbocycles. The first kappa shape index (κ1) is 16.3. The molecule has 3 N–H and O–H groups in total. The quantitative estimate of drug-likeness (QED) is 0.758. The largest absolute Gasteiger partial charge is 0.337 e. The van der Waals surface area contributed by atoms with Crippen LogP contribution >= 0.6 is 0 Å². The maximum absolute atomic E-state index is 11.9. The average Bonchev–Trinajstić information content (AvgIpc) is 2.53. The summed E-state index contributed by atoms with van der Waals surface area (Å²) in [5.74, 6) is 0.299. The maximum Gasteiger partial charge on any atom is 0.337 e. The van der Waals surface area contributed by atoms with E-state index < -0.39 is 6.03 Å². The minimum Gasteiger partial charge on any atom is -0.307 e. The van der Waals surface area contributed by atoms with E-state index in [0.29, 0.717) is 17.1 Å². The molecule has 0 aliphatic heterocycles. The molecule has 23 heavy (non-hydrogen) atoms. The van der Waals surface area contributed by atoms with Crippen LogP contribution in [0.5, 0.6) is 0 Å². The van der Waals surface area contributed by atoms with Crippen LogP contribution in [0.2, 0.25) is 0 Å². The van der Waals surface area contributed by atoms with Crippen LogP contribution < -0.4 is 16.2 Å². The molecule has 6 nitrogen and oxygen atoms in total. The van der Waals surface area contributed by atoms with Crippen LogP contribution in [0, 0.1) is 11.3 Å². The minimum absolute atomic E-state index is 0.0645. The van der Waals surface area contributed by atoms with Crippen LogP contribution in [0.4, 0.5) is 16.3 Å². The summed E-state index contributed by atoms with van der Waals surface area (Å²) in [7, 11) is 0. The predicted octanol–water partition coefficient (Wildman–Crippen LogP) is 3.40. The molecule has 2 rings (SSSR count). The van der Waals surface area contributed by atoms with Crippen LogP contribution in [0.15, 0.2) is 42.6 Å². The average molecular weight is 309 g/mol. The number of hydrogen-bond donors (Lipinski definition) is 3. The van der Waals surface area contributed by atoms with Gasteiger partial charge >= 0.3 is 6.03 Å². The van der Waals surface area contributed by atoms with E-state index in [1.165, 1.54) is 11.8 Å². The van der Waals surface area contributed by atoms with E-state index in [0.717, 1.165) is 0 Å². The molecule has 0 saturated heterocycles. The first-order chi connectivity index (χ1) is 10.9. The molecular weight excluding hydrogens is 290 g/mol. The molecule has 0 radical (unpaired) electrons. The van der Waals surface area contributed by atoms with Gasteiger partial charge in [0.25, 0.3) is 0 Å². The fraction of sp³-hybridized carbons (Fsp3) is 0.235. The number of nitrogens with one attached hydrogen (secondary N) is 3. The van der Waals surface area contributed by atoms with Gasteiger partial charge in [0, 0.05) is 11.9 Å². The lowest BCUT2D eigenvalue weighted by molar-refractivity contribution is 0.254. The zero-order chi connectivity index (χ0) is 16.9. The predicted molar refractivity (Wildman–Crippen MR) is 89.9 cm³/mol. The van der Waals surface area contributed by atoms with E-state index in [2.05, 4.69) is 41.9 Å². The van der Waals surface area contributed by atoms with Crippen molar-refractivity contribution in [3.63, 3.8) is 0 Å². The molecule has 1 aromatic carbocycles. The zero-order valence-corrected chi connectivity index (χ0v) is 13.3. The van der Waals surface area contributed by atoms with Crippen LogP contribution in [0.25, 0.3) is 0 Å². The van der Waals surface area contributed by atoms with Gasteiger partial charge in [0.15, 0.2) is 5.82 Å². The molecule has 0 aliphatic rings. The van der Waals surface area contributed by atoms with Gasteiger partial charge in [-0.1, -0.05) is 32.9 Å². The van der Waals surface area contributed by atoms with Crippen molar-refractivity contribution in [3.05, 3.63) is 53.7 Å². The number of urea groups is 1. The van der Waals surface area contributed by atoms with Crippen molar-refractivity contribution >= 4 is 17.5 Å². The van der Waals surface area contributed by atoms with E-state index in [4.69, 9.17) is 5.26 Å². The fourth-order valence-electron chi connectivity index (χ4n) is 1.93. The number of nitrogens with zero attached hydrogens (tertiary/aromatic N) is 2. The molecule has 2 aromatic rings. The van der Waals surface area contributed by atoms with Gasteiger partial charge in [0.05, 0.1) is 5.56 Å². The first-order valence-corrected chi connectivity index (χ1v) is 7.19. The lowest BCUT2D eigenvalue weighted by atomic mass is 9.87. The summed E-state index contributed by atoms with van der Waals surface area (Å²) in [4.78, 5) is 15.9. The summed E-state index contributed by atoms with van der Waals surface area (Å²) < 4.78 is 0. The molecule has 0 unspecified atom stereocenters. The third kappa shape index (κ3) is 4.45. The second kappa shape index (κ2) is 6.79. The number of rotatable bonds is 3. The molecule has 118 valence electrons. The Bertz CT molecular complexity index is 726. The fourth-order valence-corrected chi connectivity index (χ4v) is 1.93. The number of pyridine rings is 1. The number of benzene rings is 1. The van der Waals surface area contributed by atoms with E-state index in [1.54, 1.807) is 12.1 Å². The van der Waals surface area contributed by atoms with E-state index in [9.17, 15) is 4.79 Å². The standard InChI is InChI=1S/C17H19N5O/c1-17(2,3)13-6-8-14(9-7-13)20-16(23)22-21-15-12(11-18)5-4-10-19-15/h4-10H,1-3H3,(H,19,21)(H2,20,22,23). The summed E-state index contributed by atoms with van der Waals surface area (Å²) in [5.41, 5.74) is 7.36. The summed E-state index contributed by atoms with van der Waals surface area (Å²) in [5, 5.41) is 11.7. The van der Waals surface area contributed by atoms with Crippen molar-refractivity contribution in [2.45, 2.75) is 26.2 Å². The third-order valence-electron chi connectivity index (χ3n) is 3.23. The molecule has 0 aliphatic carbocycles. The van der Waals surface area contributed by atoms with Gasteiger partial charge in [-0.05, 0) is 35.2 Å². The highest BCUT2D eigenvalue weighted by Gasteiger charge is 2.13. The van der Waals surface area contributed by atoms with Crippen LogP contribution in [-0.4, -0.2) is 11.0 Å². The SMILES string of the molecule is CC(C)(C)c1ccc(NC(=O)NNc2ncccc2C#N)cc1. The molecule has 0 bridgehead atoms. The van der Waals surface area contributed by atoms with Gasteiger partial charge in [0.1, 0.15) is 6.07 Å². The summed E-state index contributed by atoms with van der Waals surface area (Å²) in [6, 6.07) is 12.5. The Morgan fingerprint density at radius 1 is 1.17 bits per heavy atom. The Morgan fingerprint density at radius 2 is 1.87 bits per heavy atom. The number of aromatic nitrogens is 1. The second-order valence-electron chi connectivity index (χ2n) is 6.04. The van der Waals surface area contributed by atoms with Gasteiger partial charge in [-0.2, -0.15) is 5.26 Å². The van der Waals surface area contributed by atoms with Crippen LogP contribution in [0.3, 0.4) is 0 Å². The van der Waals surface area contributed by atoms with Crippen LogP contribution in [-0.2, 0) is 5.41 Å². The molecule has 1 heterocycles. The van der Waals surface area contributed by atoms with Crippen molar-refractivity contribution in [1.82, 2.24) is 10.4 Å². The normalized spacial score (nSPS) is 10.5. The molecular formula is C17H19N5O. The van der Waals surface area contributed by atoms with Gasteiger partial charge in [0.2, 0.25) is 0 Å². The molecule has 0 atom stereocenters. The number of anilines is 2. The third-order valence-corrected chi connectivity index (χ3v) is 3.23. The number of nitriles is 1. The van der Waals surface area contributed by atoms with Crippen molar-refractivity contribution in [3.8, 4) is 6.07 Å². The molecule has 2 amide bonds. The van der Waals surface area contributed by atoms with Gasteiger partial charge < -0.3 is 5.32 Å². The zero-order valence-electron chi connectivity index (χ0n) is 13.3. The van der Waals surface area contributed by atoms with Crippen LogP contribution in [0.1, 0.15) is 31.9 Å². The first-order valence-electron chi connectivity index (χ1n) is 7.19. The Balaban J connectivity index is 1.94. The van der Waals surface area contributed by atoms with Crippen molar-refractivity contribution in [2.75, 3.05) is 10.7 Å². The van der Waals surface area contributed by atoms with Crippen molar-refractivity contribution in [1.29, 1.82) is 5.26 Å². The maximum atomic E-state index is 11.9. The van der Waals surface area contributed by atoms with Gasteiger partial charge in [-0.25, -0.2) is 9.78 Å². The molecule has 0 fully saturated rings. The number of hydrogen-bond acceptors (Lipinski definition) is 4.